The van der Waals surface area contributed by atoms with Crippen LogP contribution in [0.4, 0.5) is 8.78 Å². The second kappa shape index (κ2) is 8.29. The molecule has 0 saturated carbocycles. The van der Waals surface area contributed by atoms with Crippen molar-refractivity contribution in [2.75, 3.05) is 13.2 Å². The maximum absolute atomic E-state index is 14.6. The summed E-state index contributed by atoms with van der Waals surface area (Å²) in [4.78, 5) is 3.83. The van der Waals surface area contributed by atoms with E-state index in [0.717, 1.165) is 11.0 Å². The molecule has 1 saturated heterocycles. The zero-order chi connectivity index (χ0) is 20.4. The zero-order valence-corrected chi connectivity index (χ0v) is 15.8. The predicted molar refractivity (Wildman–Crippen MR) is 89.6 cm³/mol. The fourth-order valence-corrected chi connectivity index (χ4v) is 4.12. The van der Waals surface area contributed by atoms with Gasteiger partial charge in [0.05, 0.1) is 31.4 Å². The van der Waals surface area contributed by atoms with E-state index in [0.29, 0.717) is 0 Å². The highest BCUT2D eigenvalue weighted by molar-refractivity contribution is 7.55. The first-order chi connectivity index (χ1) is 12.6. The van der Waals surface area contributed by atoms with Crippen molar-refractivity contribution in [1.82, 2.24) is 14.8 Å². The number of alkyl halides is 2. The largest absolute Gasteiger partial charge is 0.399 e. The minimum absolute atomic E-state index is 0.0548. The van der Waals surface area contributed by atoms with E-state index in [2.05, 4.69) is 25.7 Å². The Balaban J connectivity index is 2.18. The smallest absolute Gasteiger partial charge is 0.396 e. The van der Waals surface area contributed by atoms with Gasteiger partial charge in [-0.05, 0) is 13.8 Å². The highest BCUT2D eigenvalue weighted by atomic mass is 31.2. The van der Waals surface area contributed by atoms with Gasteiger partial charge >= 0.3 is 13.3 Å². The Morgan fingerprint density at radius 1 is 1.41 bits per heavy atom. The molecule has 13 heteroatoms. The summed E-state index contributed by atoms with van der Waals surface area (Å²) in [5.74, 6) is 0.0614. The third kappa shape index (κ3) is 4.36. The van der Waals surface area contributed by atoms with Gasteiger partial charge in [0.25, 0.3) is 0 Å². The number of nitrogens with two attached hydrogens (primary N) is 1. The molecule has 27 heavy (non-hydrogen) atoms. The number of nitrogens with zero attached hydrogens (tertiary/aromatic N) is 3. The van der Waals surface area contributed by atoms with Crippen LogP contribution in [0.25, 0.3) is 5.70 Å². The summed E-state index contributed by atoms with van der Waals surface area (Å²) < 4.78 is 57.3. The average molecular weight is 412 g/mol. The molecule has 1 aromatic heterocycles. The predicted octanol–water partition coefficient (Wildman–Crippen LogP) is 1.08. The van der Waals surface area contributed by atoms with E-state index >= 15 is 0 Å². The number of aliphatic hydroxyl groups is 2. The van der Waals surface area contributed by atoms with Crippen molar-refractivity contribution in [2.45, 2.75) is 50.5 Å². The Labute approximate surface area is 154 Å². The second-order valence-electron chi connectivity index (χ2n) is 5.82. The van der Waals surface area contributed by atoms with Gasteiger partial charge in [-0.3, -0.25) is 4.57 Å². The summed E-state index contributed by atoms with van der Waals surface area (Å²) in [6.07, 6.45) is -6.15. The lowest BCUT2D eigenvalue weighted by Gasteiger charge is -2.28. The van der Waals surface area contributed by atoms with Crippen molar-refractivity contribution >= 4 is 13.3 Å². The quantitative estimate of drug-likeness (QED) is 0.508. The van der Waals surface area contributed by atoms with E-state index in [1.807, 2.05) is 0 Å². The number of aliphatic hydroxyl groups excluding tert-OH is 2. The molecule has 10 nitrogen and oxygen atoms in total. The number of halogens is 2. The Hall–Kier alpha value is -1.43. The summed E-state index contributed by atoms with van der Waals surface area (Å²) in [7, 11) is -4.79. The van der Waals surface area contributed by atoms with Gasteiger partial charge in [0.15, 0.2) is 12.1 Å². The standard InChI is InChI=1S/C14H23F2N4O6P/c1-4-24-27(23,25-5-2)14(15,16)6-9-10(21)11(22)13(26-9)20-7-18-12(19-20)8(3)17/h7,9-11,13,21-22H,3-6,17H2,1-2H3/t9-,10-,11-,13-/m1/s1. The number of ether oxygens (including phenoxy) is 1. The van der Waals surface area contributed by atoms with Crippen LogP contribution in [0, 0.1) is 0 Å². The Bertz CT molecular complexity index is 708. The van der Waals surface area contributed by atoms with Crippen LogP contribution in [0.3, 0.4) is 0 Å². The molecule has 0 unspecified atom stereocenters. The Kier molecular flexibility index (Phi) is 6.72. The Morgan fingerprint density at radius 2 is 2.00 bits per heavy atom. The third-order valence-corrected chi connectivity index (χ3v) is 6.02. The van der Waals surface area contributed by atoms with Gasteiger partial charge in [-0.2, -0.15) is 8.78 Å². The van der Waals surface area contributed by atoms with Gasteiger partial charge in [0, 0.05) is 0 Å². The van der Waals surface area contributed by atoms with E-state index in [-0.39, 0.29) is 24.7 Å². The van der Waals surface area contributed by atoms with Crippen LogP contribution in [-0.2, 0) is 18.3 Å². The number of rotatable bonds is 9. The summed E-state index contributed by atoms with van der Waals surface area (Å²) >= 11 is 0. The van der Waals surface area contributed by atoms with Gasteiger partial charge in [-0.1, -0.05) is 6.58 Å². The summed E-state index contributed by atoms with van der Waals surface area (Å²) in [6, 6.07) is 0. The number of hydrogen-bond acceptors (Lipinski definition) is 9. The summed E-state index contributed by atoms with van der Waals surface area (Å²) in [6.45, 7) is 5.74. The highest BCUT2D eigenvalue weighted by Gasteiger charge is 2.58. The summed E-state index contributed by atoms with van der Waals surface area (Å²) in [5, 5.41) is 24.2. The van der Waals surface area contributed by atoms with Crippen molar-refractivity contribution in [1.29, 1.82) is 0 Å². The minimum atomic E-state index is -4.79. The van der Waals surface area contributed by atoms with Crippen molar-refractivity contribution in [2.24, 2.45) is 5.73 Å². The van der Waals surface area contributed by atoms with E-state index < -0.39 is 44.2 Å². The molecule has 1 aliphatic heterocycles. The van der Waals surface area contributed by atoms with Crippen molar-refractivity contribution < 1.29 is 37.3 Å². The molecule has 2 heterocycles. The first-order valence-corrected chi connectivity index (χ1v) is 9.75. The van der Waals surface area contributed by atoms with Crippen LogP contribution in [0.5, 0.6) is 0 Å². The molecule has 1 aliphatic rings. The zero-order valence-electron chi connectivity index (χ0n) is 14.9. The normalized spacial score (nSPS) is 26.4. The van der Waals surface area contributed by atoms with Gasteiger partial charge < -0.3 is 29.7 Å². The molecule has 2 rings (SSSR count). The molecule has 4 atom stereocenters. The second-order valence-corrected chi connectivity index (χ2v) is 7.99. The lowest BCUT2D eigenvalue weighted by Crippen LogP contribution is -2.35. The molecule has 0 bridgehead atoms. The fraction of sp³-hybridized carbons (Fsp3) is 0.714. The van der Waals surface area contributed by atoms with Crippen molar-refractivity contribution in [3.05, 3.63) is 18.7 Å². The monoisotopic (exact) mass is 412 g/mol. The van der Waals surface area contributed by atoms with E-state index in [1.54, 1.807) is 0 Å². The molecule has 0 aliphatic carbocycles. The molecule has 1 aromatic rings. The molecule has 0 radical (unpaired) electrons. The minimum Gasteiger partial charge on any atom is -0.396 e. The number of hydrogen-bond donors (Lipinski definition) is 3. The van der Waals surface area contributed by atoms with Crippen LogP contribution in [0.1, 0.15) is 32.3 Å². The molecule has 154 valence electrons. The molecule has 1 fully saturated rings. The first-order valence-electron chi connectivity index (χ1n) is 8.20. The maximum atomic E-state index is 14.6. The van der Waals surface area contributed by atoms with Crippen LogP contribution in [0.2, 0.25) is 0 Å². The first kappa shape index (κ1) is 21.9. The van der Waals surface area contributed by atoms with E-state index in [4.69, 9.17) is 10.5 Å². The van der Waals surface area contributed by atoms with E-state index in [9.17, 15) is 23.6 Å². The number of aromatic nitrogens is 3. The van der Waals surface area contributed by atoms with Gasteiger partial charge in [0.1, 0.15) is 18.5 Å². The van der Waals surface area contributed by atoms with Crippen LogP contribution < -0.4 is 5.73 Å². The Morgan fingerprint density at radius 3 is 2.48 bits per heavy atom. The van der Waals surface area contributed by atoms with Gasteiger partial charge in [-0.25, -0.2) is 9.67 Å². The lowest BCUT2D eigenvalue weighted by atomic mass is 10.1. The molecule has 4 N–H and O–H groups in total. The third-order valence-electron chi connectivity index (χ3n) is 3.84. The van der Waals surface area contributed by atoms with Crippen molar-refractivity contribution in [3.8, 4) is 0 Å². The van der Waals surface area contributed by atoms with Crippen LogP contribution in [0.15, 0.2) is 12.9 Å². The van der Waals surface area contributed by atoms with Crippen LogP contribution >= 0.6 is 7.60 Å². The molecular weight excluding hydrogens is 389 g/mol. The topological polar surface area (TPSA) is 142 Å². The molecule has 0 amide bonds. The van der Waals surface area contributed by atoms with Crippen molar-refractivity contribution in [3.63, 3.8) is 0 Å². The molecule has 0 spiro atoms. The van der Waals surface area contributed by atoms with E-state index in [1.165, 1.54) is 13.8 Å². The maximum Gasteiger partial charge on any atom is 0.399 e. The summed E-state index contributed by atoms with van der Waals surface area (Å²) in [5.41, 5.74) is 1.57. The van der Waals surface area contributed by atoms with Gasteiger partial charge in [0.2, 0.25) is 0 Å². The highest BCUT2D eigenvalue weighted by Crippen LogP contribution is 2.64. The van der Waals surface area contributed by atoms with Crippen LogP contribution in [-0.4, -0.2) is 62.2 Å². The fourth-order valence-electron chi connectivity index (χ4n) is 2.58. The van der Waals surface area contributed by atoms with Gasteiger partial charge in [-0.15, -0.1) is 5.10 Å². The molecule has 0 aromatic carbocycles. The average Bonchev–Trinajstić information content (AvgIpc) is 3.16. The SMILES string of the molecule is C=C(N)c1ncn([C@@H]2O[C@H](CC(F)(F)P(=O)(OCC)OCC)[C@@H](O)[C@H]2O)n1. The lowest BCUT2D eigenvalue weighted by molar-refractivity contribution is -0.0759. The molecular formula is C14H23F2N4O6P.